The van der Waals surface area contributed by atoms with Crippen LogP contribution in [-0.4, -0.2) is 15.3 Å². The van der Waals surface area contributed by atoms with Gasteiger partial charge >= 0.3 is 0 Å². The molecular weight excluding hydrogens is 310 g/mol. The molecule has 1 N–H and O–H groups in total. The first-order valence-electron chi connectivity index (χ1n) is 8.58. The molecule has 0 saturated carbocycles. The molecule has 4 nitrogen and oxygen atoms in total. The van der Waals surface area contributed by atoms with Crippen molar-refractivity contribution in [2.24, 2.45) is 5.41 Å². The van der Waals surface area contributed by atoms with Gasteiger partial charge in [-0.3, -0.25) is 9.20 Å². The molecule has 0 radical (unpaired) electrons. The highest BCUT2D eigenvalue weighted by molar-refractivity contribution is 5.95. The highest BCUT2D eigenvalue weighted by atomic mass is 16.1. The Hall–Kier alpha value is -2.62. The van der Waals surface area contributed by atoms with Crippen molar-refractivity contribution < 1.29 is 4.79 Å². The molecule has 0 aliphatic carbocycles. The molecular formula is C21H25N3O. The minimum atomic E-state index is -0.0648. The molecule has 4 heteroatoms. The lowest BCUT2D eigenvalue weighted by molar-refractivity contribution is -0.117. The minimum absolute atomic E-state index is 0.00350. The molecule has 2 aromatic heterocycles. The topological polar surface area (TPSA) is 46.4 Å². The predicted molar refractivity (Wildman–Crippen MR) is 103 cm³/mol. The van der Waals surface area contributed by atoms with E-state index < -0.39 is 0 Å². The van der Waals surface area contributed by atoms with Crippen LogP contribution in [0.1, 0.15) is 38.3 Å². The summed E-state index contributed by atoms with van der Waals surface area (Å²) in [6, 6.07) is 12.2. The third-order valence-corrected chi connectivity index (χ3v) is 3.97. The second-order valence-corrected chi connectivity index (χ2v) is 7.90. The number of nitrogens with zero attached hydrogens (tertiary/aromatic N) is 2. The second kappa shape index (κ2) is 6.36. The molecule has 2 heterocycles. The summed E-state index contributed by atoms with van der Waals surface area (Å²) in [6.45, 7) is 10.3. The number of carbonyl (C=O) groups is 1. The van der Waals surface area contributed by atoms with Crippen molar-refractivity contribution in [3.8, 4) is 11.3 Å². The van der Waals surface area contributed by atoms with Gasteiger partial charge in [0.1, 0.15) is 17.2 Å². The lowest BCUT2D eigenvalue weighted by Gasteiger charge is -2.17. The molecule has 0 unspecified atom stereocenters. The molecule has 0 bridgehead atoms. The first-order valence-corrected chi connectivity index (χ1v) is 8.58. The number of pyridine rings is 1. The van der Waals surface area contributed by atoms with E-state index >= 15 is 0 Å². The van der Waals surface area contributed by atoms with Crippen LogP contribution < -0.4 is 5.32 Å². The fourth-order valence-electron chi connectivity index (χ4n) is 3.09. The summed E-state index contributed by atoms with van der Waals surface area (Å²) >= 11 is 0. The van der Waals surface area contributed by atoms with E-state index in [1.54, 1.807) is 0 Å². The molecule has 25 heavy (non-hydrogen) atoms. The largest absolute Gasteiger partial charge is 0.310 e. The number of fused-ring (bicyclic) bond motifs is 1. The Bertz CT molecular complexity index is 912. The standard InChI is InChI=1S/C21H25N3O/c1-14-10-15(2)12-16(11-14)19-20(23-18(25)13-21(3,4)5)24-9-7-6-8-17(24)22-19/h6-12H,13H2,1-5H3,(H,23,25). The predicted octanol–water partition coefficient (Wildman–Crippen LogP) is 4.99. The van der Waals surface area contributed by atoms with Crippen molar-refractivity contribution >= 4 is 17.4 Å². The van der Waals surface area contributed by atoms with Crippen LogP contribution in [0.3, 0.4) is 0 Å². The van der Waals surface area contributed by atoms with Crippen LogP contribution in [0.2, 0.25) is 0 Å². The van der Waals surface area contributed by atoms with Gasteiger partial charge in [0.05, 0.1) is 0 Å². The molecule has 1 aromatic carbocycles. The van der Waals surface area contributed by atoms with Gasteiger partial charge in [-0.2, -0.15) is 0 Å². The van der Waals surface area contributed by atoms with Crippen LogP contribution in [0.4, 0.5) is 5.82 Å². The van der Waals surface area contributed by atoms with Crippen LogP contribution in [0, 0.1) is 19.3 Å². The number of rotatable bonds is 3. The zero-order valence-electron chi connectivity index (χ0n) is 15.6. The number of carbonyl (C=O) groups excluding carboxylic acids is 1. The summed E-state index contributed by atoms with van der Waals surface area (Å²) in [5.41, 5.74) is 4.94. The maximum Gasteiger partial charge on any atom is 0.226 e. The van der Waals surface area contributed by atoms with E-state index in [2.05, 4.69) is 58.1 Å². The zero-order chi connectivity index (χ0) is 18.2. The highest BCUT2D eigenvalue weighted by Crippen LogP contribution is 2.31. The van der Waals surface area contributed by atoms with Crippen LogP contribution in [0.25, 0.3) is 16.9 Å². The van der Waals surface area contributed by atoms with E-state index in [1.165, 1.54) is 11.1 Å². The summed E-state index contributed by atoms with van der Waals surface area (Å²) < 4.78 is 1.94. The maximum atomic E-state index is 12.5. The van der Waals surface area contributed by atoms with Gasteiger partial charge in [0.15, 0.2) is 0 Å². The quantitative estimate of drug-likeness (QED) is 0.732. The summed E-state index contributed by atoms with van der Waals surface area (Å²) in [6.07, 6.45) is 2.39. The Labute approximate surface area is 148 Å². The zero-order valence-corrected chi connectivity index (χ0v) is 15.6. The van der Waals surface area contributed by atoms with E-state index in [0.717, 1.165) is 22.7 Å². The number of nitrogens with one attached hydrogen (secondary N) is 1. The molecule has 3 rings (SSSR count). The van der Waals surface area contributed by atoms with Gasteiger partial charge in [0.25, 0.3) is 0 Å². The lowest BCUT2D eigenvalue weighted by atomic mass is 9.92. The van der Waals surface area contributed by atoms with Crippen molar-refractivity contribution in [3.63, 3.8) is 0 Å². The summed E-state index contributed by atoms with van der Waals surface area (Å²) in [5.74, 6) is 0.735. The summed E-state index contributed by atoms with van der Waals surface area (Å²) in [7, 11) is 0. The number of benzene rings is 1. The van der Waals surface area contributed by atoms with Crippen LogP contribution >= 0.6 is 0 Å². The van der Waals surface area contributed by atoms with Crippen LogP contribution in [0.15, 0.2) is 42.6 Å². The number of hydrogen-bond acceptors (Lipinski definition) is 2. The van der Waals surface area contributed by atoms with Crippen molar-refractivity contribution in [1.82, 2.24) is 9.38 Å². The smallest absolute Gasteiger partial charge is 0.226 e. The van der Waals surface area contributed by atoms with Crippen LogP contribution in [-0.2, 0) is 4.79 Å². The monoisotopic (exact) mass is 335 g/mol. The maximum absolute atomic E-state index is 12.5. The molecule has 130 valence electrons. The number of aromatic nitrogens is 2. The number of aryl methyl sites for hydroxylation is 2. The van der Waals surface area contributed by atoms with E-state index in [1.807, 2.05) is 28.8 Å². The number of amides is 1. The SMILES string of the molecule is Cc1cc(C)cc(-c2nc3ccccn3c2NC(=O)CC(C)(C)C)c1. The molecule has 0 saturated heterocycles. The Morgan fingerprint density at radius 1 is 1.12 bits per heavy atom. The Morgan fingerprint density at radius 3 is 2.44 bits per heavy atom. The third kappa shape index (κ3) is 3.90. The van der Waals surface area contributed by atoms with Crippen molar-refractivity contribution in [3.05, 3.63) is 53.7 Å². The molecule has 0 aliphatic heterocycles. The third-order valence-electron chi connectivity index (χ3n) is 3.97. The van der Waals surface area contributed by atoms with Crippen molar-refractivity contribution in [1.29, 1.82) is 0 Å². The van der Waals surface area contributed by atoms with Gasteiger partial charge in [-0.1, -0.05) is 44.0 Å². The van der Waals surface area contributed by atoms with E-state index in [-0.39, 0.29) is 11.3 Å². The molecule has 0 atom stereocenters. The average molecular weight is 335 g/mol. The first kappa shape index (κ1) is 17.2. The van der Waals surface area contributed by atoms with Gasteiger partial charge in [-0.15, -0.1) is 0 Å². The summed E-state index contributed by atoms with van der Waals surface area (Å²) in [5, 5.41) is 3.09. The molecule has 1 amide bonds. The van der Waals surface area contributed by atoms with Gasteiger partial charge < -0.3 is 5.32 Å². The van der Waals surface area contributed by atoms with E-state index in [0.29, 0.717) is 6.42 Å². The lowest BCUT2D eigenvalue weighted by Crippen LogP contribution is -2.20. The van der Waals surface area contributed by atoms with Crippen LogP contribution in [0.5, 0.6) is 0 Å². The Balaban J connectivity index is 2.10. The second-order valence-electron chi connectivity index (χ2n) is 7.90. The fraction of sp³-hybridized carbons (Fsp3) is 0.333. The molecule has 3 aromatic rings. The highest BCUT2D eigenvalue weighted by Gasteiger charge is 2.20. The molecule has 0 aliphatic rings. The average Bonchev–Trinajstić information content (AvgIpc) is 2.83. The Kier molecular flexibility index (Phi) is 4.38. The van der Waals surface area contributed by atoms with Gasteiger partial charge in [-0.25, -0.2) is 4.98 Å². The van der Waals surface area contributed by atoms with Gasteiger partial charge in [-0.05, 0) is 43.5 Å². The summed E-state index contributed by atoms with van der Waals surface area (Å²) in [4.78, 5) is 17.3. The number of anilines is 1. The van der Waals surface area contributed by atoms with Crippen molar-refractivity contribution in [2.75, 3.05) is 5.32 Å². The Morgan fingerprint density at radius 2 is 1.80 bits per heavy atom. The molecule has 0 fully saturated rings. The van der Waals surface area contributed by atoms with Gasteiger partial charge in [0, 0.05) is 18.2 Å². The van der Waals surface area contributed by atoms with E-state index in [9.17, 15) is 4.79 Å². The van der Waals surface area contributed by atoms with Crippen molar-refractivity contribution in [2.45, 2.75) is 41.0 Å². The number of hydrogen-bond donors (Lipinski definition) is 1. The minimum Gasteiger partial charge on any atom is -0.310 e. The number of imidazole rings is 1. The van der Waals surface area contributed by atoms with E-state index in [4.69, 9.17) is 4.98 Å². The first-order chi connectivity index (χ1) is 11.7. The molecule has 0 spiro atoms. The van der Waals surface area contributed by atoms with Gasteiger partial charge in [0.2, 0.25) is 5.91 Å². The fourth-order valence-corrected chi connectivity index (χ4v) is 3.09. The normalized spacial score (nSPS) is 11.7.